The zero-order valence-corrected chi connectivity index (χ0v) is 31.8. The van der Waals surface area contributed by atoms with E-state index in [-0.39, 0.29) is 18.7 Å². The summed E-state index contributed by atoms with van der Waals surface area (Å²) in [6, 6.07) is 0. The fourth-order valence-corrected chi connectivity index (χ4v) is 6.23. The maximum Gasteiger partial charge on any atom is 0.207 e. The second-order valence-electron chi connectivity index (χ2n) is 14.2. The summed E-state index contributed by atoms with van der Waals surface area (Å²) in [4.78, 5) is 1.41. The fourth-order valence-electron chi connectivity index (χ4n) is 6.23. The molecule has 0 unspecified atom stereocenters. The normalized spacial score (nSPS) is 11.6. The van der Waals surface area contributed by atoms with Crippen molar-refractivity contribution in [2.24, 2.45) is 0 Å². The molecular weight excluding hydrogens is 562 g/mol. The summed E-state index contributed by atoms with van der Waals surface area (Å²) >= 11 is 0. The van der Waals surface area contributed by atoms with Gasteiger partial charge in [0.1, 0.15) is 6.54 Å². The Balaban J connectivity index is 0. The zero-order valence-electron chi connectivity index (χ0n) is 31.0. The quantitative estimate of drug-likeness (QED) is 0.0535. The van der Waals surface area contributed by atoms with Crippen LogP contribution in [0.4, 0.5) is 0 Å². The smallest absolute Gasteiger partial charge is 0.207 e. The van der Waals surface area contributed by atoms with Crippen molar-refractivity contribution >= 4 is 0 Å². The molecule has 0 aliphatic carbocycles. The predicted molar refractivity (Wildman–Crippen MR) is 192 cm³/mol. The molecular formula is C40H84ClNO2. The molecule has 0 aromatic rings. The second kappa shape index (κ2) is 41.2. The number of hydrogen-bond acceptors (Lipinski definition) is 2. The molecule has 0 aromatic heterocycles. The predicted octanol–water partition coefficient (Wildman–Crippen LogP) is 9.02. The number of likely N-dealkylation sites (N-methyl/N-ethyl adjacent to an activating group) is 1. The van der Waals surface area contributed by atoms with E-state index in [1.165, 1.54) is 210 Å². The van der Waals surface area contributed by atoms with Gasteiger partial charge in [-0.15, -0.1) is 0 Å². The van der Waals surface area contributed by atoms with Crippen LogP contribution >= 0.6 is 0 Å². The van der Waals surface area contributed by atoms with Gasteiger partial charge in [-0.3, -0.25) is 0 Å². The highest BCUT2D eigenvalue weighted by Gasteiger charge is 2.13. The third kappa shape index (κ3) is 40.2. The lowest BCUT2D eigenvalue weighted by molar-refractivity contribution is -0.865. The third-order valence-corrected chi connectivity index (χ3v) is 9.18. The van der Waals surface area contributed by atoms with E-state index in [0.29, 0.717) is 0 Å². The van der Waals surface area contributed by atoms with Crippen molar-refractivity contribution < 1.29 is 26.8 Å². The van der Waals surface area contributed by atoms with Gasteiger partial charge in [-0.2, -0.15) is 0 Å². The molecule has 0 saturated heterocycles. The van der Waals surface area contributed by atoms with Gasteiger partial charge in [-0.05, 0) is 12.8 Å². The van der Waals surface area contributed by atoms with Crippen molar-refractivity contribution in [3.05, 3.63) is 0 Å². The Labute approximate surface area is 285 Å². The molecule has 0 aromatic carbocycles. The van der Waals surface area contributed by atoms with E-state index in [1.807, 2.05) is 0 Å². The van der Waals surface area contributed by atoms with Gasteiger partial charge in [0.05, 0.1) is 14.1 Å². The van der Waals surface area contributed by atoms with E-state index >= 15 is 0 Å². The number of unbranched alkanes of at least 4 members (excludes halogenated alkanes) is 30. The Hall–Kier alpha value is 0.170. The molecule has 268 valence electrons. The monoisotopic (exact) mass is 646 g/mol. The molecule has 0 rings (SSSR count). The fraction of sp³-hybridized carbons (Fsp3) is 1.00. The molecule has 0 bridgehead atoms. The van der Waals surface area contributed by atoms with Crippen LogP contribution in [0, 0.1) is 0 Å². The summed E-state index contributed by atoms with van der Waals surface area (Å²) in [7, 11) is 4.39. The van der Waals surface area contributed by atoms with Gasteiger partial charge in [0.25, 0.3) is 0 Å². The topological polar surface area (TPSA) is 22.9 Å². The van der Waals surface area contributed by atoms with Crippen LogP contribution in [-0.4, -0.2) is 40.1 Å². The average molecular weight is 647 g/mol. The second-order valence-corrected chi connectivity index (χ2v) is 14.2. The van der Waals surface area contributed by atoms with Crippen molar-refractivity contribution in [2.75, 3.05) is 33.9 Å². The number of quaternary nitrogens is 1. The summed E-state index contributed by atoms with van der Waals surface area (Å²) in [5.74, 6) is 0. The molecule has 0 aliphatic rings. The van der Waals surface area contributed by atoms with Gasteiger partial charge in [-0.25, -0.2) is 0 Å². The Morgan fingerprint density at radius 2 is 0.545 bits per heavy atom. The third-order valence-electron chi connectivity index (χ3n) is 9.18. The highest BCUT2D eigenvalue weighted by Crippen LogP contribution is 2.15. The van der Waals surface area contributed by atoms with Crippen LogP contribution in [0.15, 0.2) is 0 Å². The lowest BCUT2D eigenvalue weighted by atomic mass is 10.0. The SMILES string of the molecule is CCCCCCCCCCCCCCCCCCOC(C[NH+](C)C)OCCCCCCCCCCCCCCCCCC.[Cl-]. The highest BCUT2D eigenvalue weighted by molar-refractivity contribution is 4.52. The molecule has 3 nitrogen and oxygen atoms in total. The first-order chi connectivity index (χ1) is 21.2. The Morgan fingerprint density at radius 3 is 0.750 bits per heavy atom. The van der Waals surface area contributed by atoms with Crippen LogP contribution in [0.2, 0.25) is 0 Å². The maximum absolute atomic E-state index is 6.16. The standard InChI is InChI=1S/C40H83NO2.ClH/c1-5-7-9-11-13-15-17-19-21-23-25-27-29-31-33-35-37-42-40(39-41(3)4)43-38-36-34-32-30-28-26-24-22-20-18-16-14-12-10-8-6-2;/h40H,5-39H2,1-4H3;1H. The zero-order chi connectivity index (χ0) is 31.3. The molecule has 0 radical (unpaired) electrons. The van der Waals surface area contributed by atoms with E-state index in [1.54, 1.807) is 0 Å². The lowest BCUT2D eigenvalue weighted by Crippen LogP contribution is -3.07. The van der Waals surface area contributed by atoms with E-state index in [0.717, 1.165) is 19.8 Å². The van der Waals surface area contributed by atoms with Crippen molar-refractivity contribution in [1.29, 1.82) is 0 Å². The van der Waals surface area contributed by atoms with Crippen LogP contribution in [-0.2, 0) is 9.47 Å². The largest absolute Gasteiger partial charge is 1.00 e. The van der Waals surface area contributed by atoms with E-state index in [4.69, 9.17) is 9.47 Å². The molecule has 0 spiro atoms. The van der Waals surface area contributed by atoms with Gasteiger partial charge in [0, 0.05) is 13.2 Å². The van der Waals surface area contributed by atoms with Gasteiger partial charge in [-0.1, -0.05) is 206 Å². The number of rotatable bonds is 38. The minimum absolute atomic E-state index is 0. The molecule has 0 heterocycles. The van der Waals surface area contributed by atoms with Crippen molar-refractivity contribution in [2.45, 2.75) is 226 Å². The van der Waals surface area contributed by atoms with E-state index in [2.05, 4.69) is 27.9 Å². The van der Waals surface area contributed by atoms with Gasteiger partial charge >= 0.3 is 0 Å². The number of hydrogen-bond donors (Lipinski definition) is 1. The van der Waals surface area contributed by atoms with Crippen molar-refractivity contribution in [1.82, 2.24) is 0 Å². The first-order valence-corrected chi connectivity index (χ1v) is 20.2. The molecule has 44 heavy (non-hydrogen) atoms. The summed E-state index contributed by atoms with van der Waals surface area (Å²) in [5, 5.41) is 0. The molecule has 0 saturated carbocycles. The minimum Gasteiger partial charge on any atom is -1.00 e. The molecule has 0 fully saturated rings. The van der Waals surface area contributed by atoms with Gasteiger partial charge in [0.2, 0.25) is 6.29 Å². The average Bonchev–Trinajstić information content (AvgIpc) is 2.99. The molecule has 0 atom stereocenters. The molecule has 0 amide bonds. The number of halogens is 1. The summed E-state index contributed by atoms with van der Waals surface area (Å²) in [6.07, 6.45) is 45.1. The van der Waals surface area contributed by atoms with Crippen molar-refractivity contribution in [3.63, 3.8) is 0 Å². The van der Waals surface area contributed by atoms with E-state index in [9.17, 15) is 0 Å². The van der Waals surface area contributed by atoms with Crippen molar-refractivity contribution in [3.8, 4) is 0 Å². The summed E-state index contributed by atoms with van der Waals surface area (Å²) < 4.78 is 12.3. The van der Waals surface area contributed by atoms with Gasteiger partial charge < -0.3 is 26.8 Å². The molecule has 0 aliphatic heterocycles. The van der Waals surface area contributed by atoms with Crippen LogP contribution in [0.5, 0.6) is 0 Å². The summed E-state index contributed by atoms with van der Waals surface area (Å²) in [6.45, 7) is 7.26. The minimum atomic E-state index is -0.0299. The molecule has 4 heteroatoms. The Kier molecular flexibility index (Phi) is 43.3. The first kappa shape index (κ1) is 46.3. The lowest BCUT2D eigenvalue weighted by Gasteiger charge is -2.20. The number of ether oxygens (including phenoxy) is 2. The van der Waals surface area contributed by atoms with Crippen LogP contribution in [0.1, 0.15) is 219 Å². The highest BCUT2D eigenvalue weighted by atomic mass is 35.5. The Morgan fingerprint density at radius 1 is 0.341 bits per heavy atom. The molecule has 1 N–H and O–H groups in total. The van der Waals surface area contributed by atoms with Crippen LogP contribution < -0.4 is 17.3 Å². The first-order valence-electron chi connectivity index (χ1n) is 20.2. The van der Waals surface area contributed by atoms with Crippen LogP contribution in [0.25, 0.3) is 0 Å². The van der Waals surface area contributed by atoms with Crippen LogP contribution in [0.3, 0.4) is 0 Å². The maximum atomic E-state index is 6.16. The Bertz CT molecular complexity index is 452. The number of nitrogens with one attached hydrogen (secondary N) is 1. The van der Waals surface area contributed by atoms with E-state index < -0.39 is 0 Å². The van der Waals surface area contributed by atoms with Gasteiger partial charge in [0.15, 0.2) is 0 Å². The summed E-state index contributed by atoms with van der Waals surface area (Å²) in [5.41, 5.74) is 0.